The van der Waals surface area contributed by atoms with E-state index >= 15 is 0 Å². The van der Waals surface area contributed by atoms with Gasteiger partial charge in [0.25, 0.3) is 0 Å². The maximum atomic E-state index is 13.6. The maximum absolute atomic E-state index is 13.6. The first kappa shape index (κ1) is 50.5. The van der Waals surface area contributed by atoms with Crippen molar-refractivity contribution in [2.45, 2.75) is 182 Å². The third-order valence-corrected chi connectivity index (χ3v) is 18.7. The van der Waals surface area contributed by atoms with Crippen molar-refractivity contribution < 1.29 is 17.6 Å². The Morgan fingerprint density at radius 3 is 1.03 bits per heavy atom. The number of hydrogen-bond acceptors (Lipinski definition) is 0. The molecule has 0 saturated heterocycles. The molecule has 0 spiro atoms. The van der Waals surface area contributed by atoms with Crippen molar-refractivity contribution in [2.75, 3.05) is 0 Å². The number of benzene rings is 4. The summed E-state index contributed by atoms with van der Waals surface area (Å²) in [6.45, 7) is 14.5. The topological polar surface area (TPSA) is 0 Å². The van der Waals surface area contributed by atoms with Gasteiger partial charge in [-0.25, -0.2) is 17.6 Å². The van der Waals surface area contributed by atoms with Gasteiger partial charge in [0.2, 0.25) is 0 Å². The molecule has 0 N–H and O–H groups in total. The lowest BCUT2D eigenvalue weighted by Gasteiger charge is -2.40. The Balaban J connectivity index is 0.000000197. The van der Waals surface area contributed by atoms with Crippen LogP contribution in [0.25, 0.3) is 22.3 Å². The van der Waals surface area contributed by atoms with E-state index in [1.54, 1.807) is 12.1 Å². The van der Waals surface area contributed by atoms with E-state index in [-0.39, 0.29) is 0 Å². The lowest BCUT2D eigenvalue weighted by atomic mass is 9.65. The van der Waals surface area contributed by atoms with Gasteiger partial charge in [-0.1, -0.05) is 154 Å². The Morgan fingerprint density at radius 1 is 0.379 bits per heavy atom. The van der Waals surface area contributed by atoms with Gasteiger partial charge in [0.05, 0.1) is 0 Å². The smallest absolute Gasteiger partial charge is 0.159 e. The molecule has 0 bridgehead atoms. The fourth-order valence-electron chi connectivity index (χ4n) is 13.6. The average Bonchev–Trinajstić information content (AvgIpc) is 3.37. The molecule has 4 fully saturated rings. The monoisotopic (exact) mass is 905 g/mol. The second kappa shape index (κ2) is 24.2. The van der Waals surface area contributed by atoms with Crippen molar-refractivity contribution in [1.82, 2.24) is 0 Å². The molecular formula is C62H84F4. The van der Waals surface area contributed by atoms with Crippen LogP contribution in [0.1, 0.15) is 193 Å². The van der Waals surface area contributed by atoms with Crippen LogP contribution in [-0.4, -0.2) is 0 Å². The summed E-state index contributed by atoms with van der Waals surface area (Å²) in [5.41, 5.74) is 6.07. The summed E-state index contributed by atoms with van der Waals surface area (Å²) in [6, 6.07) is 25.2. The molecule has 0 nitrogen and oxygen atoms in total. The molecule has 66 heavy (non-hydrogen) atoms. The van der Waals surface area contributed by atoms with Gasteiger partial charge in [0.1, 0.15) is 0 Å². The van der Waals surface area contributed by atoms with Gasteiger partial charge in [-0.15, -0.1) is 0 Å². The molecule has 0 heterocycles. The highest BCUT2D eigenvalue weighted by atomic mass is 19.2. The zero-order chi connectivity index (χ0) is 46.7. The molecule has 8 rings (SSSR count). The first-order valence-corrected chi connectivity index (χ1v) is 27.0. The molecule has 4 aliphatic rings. The highest BCUT2D eigenvalue weighted by Crippen LogP contribution is 2.47. The van der Waals surface area contributed by atoms with E-state index in [9.17, 15) is 17.6 Å². The van der Waals surface area contributed by atoms with E-state index in [0.29, 0.717) is 11.8 Å². The standard InChI is InChI=1S/C32H44F2.C30H40F2/c1-4-5-6-24-7-9-25(10-8-24)22(2)26-11-13-27(14-12-26)23(3)28-15-17-29(18-16-28)30-19-20-31(33)32(34)21-30;1-4-22-5-7-23(8-6-22)20(2)24-9-11-25(12-10-24)21(3)26-13-15-27(16-14-26)28-17-18-29(31)30(32)19-28/h15-27H,4-14H2,1-3H3;13-25H,4-12H2,1-3H3. The number of hydrogen-bond donors (Lipinski definition) is 0. The molecule has 4 aromatic rings. The van der Waals surface area contributed by atoms with Gasteiger partial charge in [-0.3, -0.25) is 0 Å². The minimum Gasteiger partial charge on any atom is -0.204 e. The third kappa shape index (κ3) is 13.0. The van der Waals surface area contributed by atoms with Crippen molar-refractivity contribution in [1.29, 1.82) is 0 Å². The molecule has 0 amide bonds. The molecule has 0 radical (unpaired) electrons. The maximum Gasteiger partial charge on any atom is 0.159 e. The Kier molecular flexibility index (Phi) is 18.5. The summed E-state index contributed by atoms with van der Waals surface area (Å²) < 4.78 is 53.7. The van der Waals surface area contributed by atoms with Crippen molar-refractivity contribution in [3.8, 4) is 22.3 Å². The Bertz CT molecular complexity index is 2040. The van der Waals surface area contributed by atoms with Gasteiger partial charge in [-0.2, -0.15) is 0 Å². The van der Waals surface area contributed by atoms with Crippen LogP contribution in [0.2, 0.25) is 0 Å². The van der Waals surface area contributed by atoms with E-state index < -0.39 is 23.3 Å². The fourth-order valence-corrected chi connectivity index (χ4v) is 13.6. The molecule has 0 aromatic heterocycles. The molecule has 4 heteroatoms. The minimum atomic E-state index is -0.794. The lowest BCUT2D eigenvalue weighted by Crippen LogP contribution is -2.29. The second-order valence-corrected chi connectivity index (χ2v) is 22.3. The summed E-state index contributed by atoms with van der Waals surface area (Å²) in [4.78, 5) is 0. The fraction of sp³-hybridized carbons (Fsp3) is 0.613. The highest BCUT2D eigenvalue weighted by Gasteiger charge is 2.35. The quantitative estimate of drug-likeness (QED) is 0.111. The zero-order valence-corrected chi connectivity index (χ0v) is 41.7. The van der Waals surface area contributed by atoms with Crippen molar-refractivity contribution in [3.05, 3.63) is 119 Å². The molecule has 0 aliphatic heterocycles. The number of rotatable bonds is 14. The first-order valence-electron chi connectivity index (χ1n) is 27.0. The van der Waals surface area contributed by atoms with E-state index in [4.69, 9.17) is 0 Å². The molecule has 4 aromatic carbocycles. The number of halogens is 4. The lowest BCUT2D eigenvalue weighted by molar-refractivity contribution is 0.118. The molecule has 4 unspecified atom stereocenters. The van der Waals surface area contributed by atoms with Gasteiger partial charge in [-0.05, 0) is 206 Å². The molecule has 4 saturated carbocycles. The molecule has 4 atom stereocenters. The van der Waals surface area contributed by atoms with Gasteiger partial charge in [0.15, 0.2) is 23.3 Å². The molecule has 4 aliphatic carbocycles. The highest BCUT2D eigenvalue weighted by molar-refractivity contribution is 5.64. The van der Waals surface area contributed by atoms with Crippen LogP contribution in [0.15, 0.2) is 84.9 Å². The van der Waals surface area contributed by atoms with Crippen LogP contribution < -0.4 is 0 Å². The second-order valence-electron chi connectivity index (χ2n) is 22.3. The first-order chi connectivity index (χ1) is 31.9. The van der Waals surface area contributed by atoms with E-state index in [0.717, 1.165) is 81.4 Å². The van der Waals surface area contributed by atoms with Crippen LogP contribution in [0.5, 0.6) is 0 Å². The summed E-state index contributed by atoms with van der Waals surface area (Å²) >= 11 is 0. The average molecular weight is 905 g/mol. The van der Waals surface area contributed by atoms with Crippen LogP contribution in [0, 0.1) is 82.4 Å². The van der Waals surface area contributed by atoms with E-state index in [1.165, 1.54) is 164 Å². The zero-order valence-electron chi connectivity index (χ0n) is 41.7. The van der Waals surface area contributed by atoms with E-state index in [1.807, 2.05) is 0 Å². The van der Waals surface area contributed by atoms with Crippen LogP contribution in [-0.2, 0) is 0 Å². The predicted octanol–water partition coefficient (Wildman–Crippen LogP) is 19.6. The predicted molar refractivity (Wildman–Crippen MR) is 270 cm³/mol. The summed E-state index contributed by atoms with van der Waals surface area (Å²) in [5.74, 6) is 6.96. The van der Waals surface area contributed by atoms with Crippen molar-refractivity contribution >= 4 is 0 Å². The van der Waals surface area contributed by atoms with Crippen LogP contribution >= 0.6 is 0 Å². The van der Waals surface area contributed by atoms with Crippen LogP contribution in [0.4, 0.5) is 17.6 Å². The Morgan fingerprint density at radius 2 is 0.697 bits per heavy atom. The van der Waals surface area contributed by atoms with Crippen LogP contribution in [0.3, 0.4) is 0 Å². The largest absolute Gasteiger partial charge is 0.204 e. The summed E-state index contributed by atoms with van der Waals surface area (Å²) in [6.07, 6.45) is 28.2. The third-order valence-electron chi connectivity index (χ3n) is 18.7. The summed E-state index contributed by atoms with van der Waals surface area (Å²) in [7, 11) is 0. The minimum absolute atomic E-state index is 0.546. The van der Waals surface area contributed by atoms with Gasteiger partial charge >= 0.3 is 0 Å². The summed E-state index contributed by atoms with van der Waals surface area (Å²) in [5, 5.41) is 0. The molecular weight excluding hydrogens is 821 g/mol. The van der Waals surface area contributed by atoms with E-state index in [2.05, 4.69) is 90.1 Å². The number of unbranched alkanes of at least 4 members (excludes halogenated alkanes) is 1. The van der Waals surface area contributed by atoms with Gasteiger partial charge < -0.3 is 0 Å². The normalized spacial score (nSPS) is 27.8. The molecule has 360 valence electrons. The van der Waals surface area contributed by atoms with Crippen molar-refractivity contribution in [3.63, 3.8) is 0 Å². The SMILES string of the molecule is CCC1CCC(C(C)C2CCC(C(C)c3ccc(-c4ccc(F)c(F)c4)cc3)CC2)CC1.CCCCC1CCC(C(C)C2CCC(C(C)c3ccc(-c4ccc(F)c(F)c4)cc3)CC2)CC1. The van der Waals surface area contributed by atoms with Crippen molar-refractivity contribution in [2.24, 2.45) is 59.2 Å². The van der Waals surface area contributed by atoms with Gasteiger partial charge in [0, 0.05) is 0 Å². The Labute approximate surface area is 398 Å². The Hall–Kier alpha value is -3.40.